The van der Waals surface area contributed by atoms with Crippen molar-refractivity contribution in [2.24, 2.45) is 5.73 Å². The van der Waals surface area contributed by atoms with Crippen molar-refractivity contribution < 1.29 is 18.0 Å². The molecular weight excluding hydrogens is 221 g/mol. The van der Waals surface area contributed by atoms with Crippen molar-refractivity contribution in [3.05, 3.63) is 0 Å². The largest absolute Gasteiger partial charge is 0.406 e. The second-order valence-electron chi connectivity index (χ2n) is 3.98. The van der Waals surface area contributed by atoms with Gasteiger partial charge in [-0.3, -0.25) is 4.79 Å². The number of halogens is 3. The van der Waals surface area contributed by atoms with E-state index in [0.717, 1.165) is 4.90 Å². The van der Waals surface area contributed by atoms with E-state index in [0.29, 0.717) is 19.4 Å². The number of amides is 1. The van der Waals surface area contributed by atoms with Gasteiger partial charge in [-0.05, 0) is 33.2 Å². The first kappa shape index (κ1) is 15.2. The van der Waals surface area contributed by atoms with Crippen LogP contribution in [0.1, 0.15) is 33.1 Å². The fourth-order valence-corrected chi connectivity index (χ4v) is 1.32. The number of hydrogen-bond donors (Lipinski definition) is 1. The van der Waals surface area contributed by atoms with Crippen LogP contribution in [0.15, 0.2) is 0 Å². The van der Waals surface area contributed by atoms with Gasteiger partial charge in [0.2, 0.25) is 5.91 Å². The molecule has 0 atom stereocenters. The average Bonchev–Trinajstić information content (AvgIpc) is 2.12. The molecule has 0 aliphatic rings. The highest BCUT2D eigenvalue weighted by Gasteiger charge is 2.33. The Morgan fingerprint density at radius 2 is 1.88 bits per heavy atom. The van der Waals surface area contributed by atoms with Gasteiger partial charge in [-0.1, -0.05) is 0 Å². The maximum absolute atomic E-state index is 12.2. The minimum atomic E-state index is -4.34. The standard InChI is InChI=1S/C10H19F3N2O/c1-8(2)15(7-10(11,12)13)9(16)5-3-4-6-14/h8H,3-7,14H2,1-2H3. The van der Waals surface area contributed by atoms with Crippen LogP contribution >= 0.6 is 0 Å². The highest BCUT2D eigenvalue weighted by molar-refractivity contribution is 5.76. The number of nitrogens with zero attached hydrogens (tertiary/aromatic N) is 1. The highest BCUT2D eigenvalue weighted by Crippen LogP contribution is 2.19. The molecule has 6 heteroatoms. The van der Waals surface area contributed by atoms with Crippen LogP contribution in [0.25, 0.3) is 0 Å². The van der Waals surface area contributed by atoms with E-state index in [1.807, 2.05) is 0 Å². The van der Waals surface area contributed by atoms with Crippen LogP contribution in [0, 0.1) is 0 Å². The number of unbranched alkanes of at least 4 members (excludes halogenated alkanes) is 1. The summed E-state index contributed by atoms with van der Waals surface area (Å²) in [6.45, 7) is 2.43. The van der Waals surface area contributed by atoms with E-state index in [2.05, 4.69) is 0 Å². The second-order valence-corrected chi connectivity index (χ2v) is 3.98. The summed E-state index contributed by atoms with van der Waals surface area (Å²) in [5, 5.41) is 0. The Morgan fingerprint density at radius 3 is 2.25 bits per heavy atom. The quantitative estimate of drug-likeness (QED) is 0.721. The summed E-state index contributed by atoms with van der Waals surface area (Å²) < 4.78 is 36.6. The predicted octanol–water partition coefficient (Wildman–Crippen LogP) is 1.91. The molecule has 0 aromatic carbocycles. The molecule has 3 nitrogen and oxygen atoms in total. The molecule has 0 aliphatic carbocycles. The monoisotopic (exact) mass is 240 g/mol. The Hall–Kier alpha value is -0.780. The molecule has 0 saturated heterocycles. The van der Waals surface area contributed by atoms with E-state index in [-0.39, 0.29) is 6.42 Å². The van der Waals surface area contributed by atoms with Crippen molar-refractivity contribution in [1.29, 1.82) is 0 Å². The van der Waals surface area contributed by atoms with Crippen LogP contribution in [0.4, 0.5) is 13.2 Å². The van der Waals surface area contributed by atoms with Gasteiger partial charge in [-0.2, -0.15) is 13.2 Å². The van der Waals surface area contributed by atoms with E-state index in [4.69, 9.17) is 5.73 Å². The Labute approximate surface area is 93.8 Å². The van der Waals surface area contributed by atoms with Crippen molar-refractivity contribution in [1.82, 2.24) is 4.90 Å². The summed E-state index contributed by atoms with van der Waals surface area (Å²) in [4.78, 5) is 12.4. The van der Waals surface area contributed by atoms with Gasteiger partial charge in [0.1, 0.15) is 6.54 Å². The van der Waals surface area contributed by atoms with E-state index in [9.17, 15) is 18.0 Å². The van der Waals surface area contributed by atoms with Gasteiger partial charge in [0.15, 0.2) is 0 Å². The van der Waals surface area contributed by atoms with E-state index in [1.54, 1.807) is 13.8 Å². The molecule has 0 aliphatic heterocycles. The molecule has 0 aromatic rings. The molecule has 0 aromatic heterocycles. The zero-order valence-electron chi connectivity index (χ0n) is 9.68. The molecule has 0 saturated carbocycles. The number of rotatable bonds is 6. The minimum Gasteiger partial charge on any atom is -0.331 e. The van der Waals surface area contributed by atoms with Crippen LogP contribution in [-0.2, 0) is 4.79 Å². The molecule has 16 heavy (non-hydrogen) atoms. The molecule has 0 fully saturated rings. The second kappa shape index (κ2) is 6.73. The third-order valence-corrected chi connectivity index (χ3v) is 2.14. The molecule has 1 amide bonds. The summed E-state index contributed by atoms with van der Waals surface area (Å²) in [6, 6.07) is -0.438. The van der Waals surface area contributed by atoms with Gasteiger partial charge >= 0.3 is 6.18 Å². The lowest BCUT2D eigenvalue weighted by molar-refractivity contribution is -0.164. The van der Waals surface area contributed by atoms with Crippen LogP contribution < -0.4 is 5.73 Å². The summed E-state index contributed by atoms with van der Waals surface area (Å²) in [7, 11) is 0. The Kier molecular flexibility index (Phi) is 6.40. The van der Waals surface area contributed by atoms with E-state index in [1.165, 1.54) is 0 Å². The fraction of sp³-hybridized carbons (Fsp3) is 0.900. The SMILES string of the molecule is CC(C)N(CC(F)(F)F)C(=O)CCCCN. The van der Waals surface area contributed by atoms with E-state index >= 15 is 0 Å². The first-order chi connectivity index (χ1) is 7.28. The number of carbonyl (C=O) groups is 1. The molecule has 0 heterocycles. The maximum atomic E-state index is 12.2. The molecular formula is C10H19F3N2O. The van der Waals surface area contributed by atoms with Crippen LogP contribution in [0.5, 0.6) is 0 Å². The molecule has 0 bridgehead atoms. The summed E-state index contributed by atoms with van der Waals surface area (Å²) >= 11 is 0. The first-order valence-corrected chi connectivity index (χ1v) is 5.34. The van der Waals surface area contributed by atoms with Crippen molar-refractivity contribution in [3.63, 3.8) is 0 Å². The van der Waals surface area contributed by atoms with Crippen molar-refractivity contribution in [2.45, 2.75) is 45.3 Å². The number of alkyl halides is 3. The zero-order chi connectivity index (χ0) is 12.8. The summed E-state index contributed by atoms with van der Waals surface area (Å²) in [5.41, 5.74) is 5.25. The lowest BCUT2D eigenvalue weighted by atomic mass is 10.2. The average molecular weight is 240 g/mol. The molecule has 2 N–H and O–H groups in total. The van der Waals surface area contributed by atoms with Gasteiger partial charge in [0.05, 0.1) is 0 Å². The maximum Gasteiger partial charge on any atom is 0.406 e. The van der Waals surface area contributed by atoms with Crippen molar-refractivity contribution in [3.8, 4) is 0 Å². The third-order valence-electron chi connectivity index (χ3n) is 2.14. The molecule has 0 unspecified atom stereocenters. The Balaban J connectivity index is 4.25. The Morgan fingerprint density at radius 1 is 1.31 bits per heavy atom. The molecule has 0 rings (SSSR count). The molecule has 96 valence electrons. The number of carbonyl (C=O) groups excluding carboxylic acids is 1. The lowest BCUT2D eigenvalue weighted by Crippen LogP contribution is -2.43. The van der Waals surface area contributed by atoms with Gasteiger partial charge in [-0.15, -0.1) is 0 Å². The van der Waals surface area contributed by atoms with Gasteiger partial charge in [-0.25, -0.2) is 0 Å². The topological polar surface area (TPSA) is 46.3 Å². The predicted molar refractivity (Wildman–Crippen MR) is 55.8 cm³/mol. The number of nitrogens with two attached hydrogens (primary N) is 1. The van der Waals surface area contributed by atoms with Crippen LogP contribution in [0.2, 0.25) is 0 Å². The molecule has 0 radical (unpaired) electrons. The van der Waals surface area contributed by atoms with Gasteiger partial charge < -0.3 is 10.6 Å². The van der Waals surface area contributed by atoms with Gasteiger partial charge in [0.25, 0.3) is 0 Å². The Bertz CT molecular complexity index is 217. The van der Waals surface area contributed by atoms with Crippen molar-refractivity contribution in [2.75, 3.05) is 13.1 Å². The summed E-state index contributed by atoms with van der Waals surface area (Å²) in [6.07, 6.45) is -3.01. The summed E-state index contributed by atoms with van der Waals surface area (Å²) in [5.74, 6) is -0.458. The smallest absolute Gasteiger partial charge is 0.331 e. The van der Waals surface area contributed by atoms with E-state index < -0.39 is 24.7 Å². The van der Waals surface area contributed by atoms with Gasteiger partial charge in [0, 0.05) is 12.5 Å². The molecule has 0 spiro atoms. The normalized spacial score (nSPS) is 11.9. The first-order valence-electron chi connectivity index (χ1n) is 5.34. The fourth-order valence-electron chi connectivity index (χ4n) is 1.32. The minimum absolute atomic E-state index is 0.130. The number of hydrogen-bond acceptors (Lipinski definition) is 2. The zero-order valence-corrected chi connectivity index (χ0v) is 9.68. The van der Waals surface area contributed by atoms with Crippen LogP contribution in [0.3, 0.4) is 0 Å². The lowest BCUT2D eigenvalue weighted by Gasteiger charge is -2.27. The highest BCUT2D eigenvalue weighted by atomic mass is 19.4. The van der Waals surface area contributed by atoms with Crippen molar-refractivity contribution >= 4 is 5.91 Å². The third kappa shape index (κ3) is 6.66. The van der Waals surface area contributed by atoms with Crippen LogP contribution in [-0.4, -0.2) is 36.1 Å².